The van der Waals surface area contributed by atoms with Crippen LogP contribution >= 0.6 is 0 Å². The Kier molecular flexibility index (Phi) is 6.44. The van der Waals surface area contributed by atoms with Crippen molar-refractivity contribution in [3.05, 3.63) is 0 Å². The maximum atomic E-state index is 2.41. The maximum Gasteiger partial charge on any atom is 0.124 e. The summed E-state index contributed by atoms with van der Waals surface area (Å²) in [6.07, 6.45) is 11.8. The van der Waals surface area contributed by atoms with Crippen molar-refractivity contribution in [1.29, 1.82) is 0 Å². The largest absolute Gasteiger partial charge is 0.124 e. The summed E-state index contributed by atoms with van der Waals surface area (Å²) in [5, 5.41) is 0. The molecule has 3 atom stereocenters. The Morgan fingerprint density at radius 1 is 1.20 bits per heavy atom. The highest BCUT2D eigenvalue weighted by Gasteiger charge is 2.18. The van der Waals surface area contributed by atoms with E-state index in [4.69, 9.17) is 0 Å². The van der Waals surface area contributed by atoms with Crippen LogP contribution in [0.1, 0.15) is 65.7 Å². The van der Waals surface area contributed by atoms with Crippen molar-refractivity contribution in [1.82, 2.24) is 0 Å². The fourth-order valence-electron chi connectivity index (χ4n) is 2.88. The van der Waals surface area contributed by atoms with Crippen LogP contribution in [0.2, 0.25) is 12.1 Å². The van der Waals surface area contributed by atoms with Gasteiger partial charge in [-0.15, -0.1) is 0 Å². The first-order chi connectivity index (χ1) is 7.26. The van der Waals surface area contributed by atoms with Gasteiger partial charge in [-0.3, -0.25) is 0 Å². The van der Waals surface area contributed by atoms with Crippen molar-refractivity contribution in [3.63, 3.8) is 0 Å². The summed E-state index contributed by atoms with van der Waals surface area (Å²) >= 11 is 0. The van der Waals surface area contributed by atoms with E-state index in [1.165, 1.54) is 58.5 Å². The van der Waals surface area contributed by atoms with Gasteiger partial charge in [0, 0.05) is 0 Å². The first-order valence-corrected chi connectivity index (χ1v) is 7.26. The predicted molar refractivity (Wildman–Crippen MR) is 72.0 cm³/mol. The lowest BCUT2D eigenvalue weighted by molar-refractivity contribution is 0.371. The SMILES string of the molecule is CCC1BCCC(CC[C@@H](C)CC)CC1. The summed E-state index contributed by atoms with van der Waals surface area (Å²) in [5.41, 5.74) is 0. The number of rotatable bonds is 5. The first kappa shape index (κ1) is 13.1. The molecule has 0 aliphatic carbocycles. The maximum absolute atomic E-state index is 2.41. The minimum atomic E-state index is 0.954. The van der Waals surface area contributed by atoms with E-state index < -0.39 is 0 Å². The van der Waals surface area contributed by atoms with Crippen LogP contribution in [0.25, 0.3) is 0 Å². The van der Waals surface area contributed by atoms with Crippen molar-refractivity contribution < 1.29 is 0 Å². The average Bonchev–Trinajstić information content (AvgIpc) is 2.50. The third-order valence-electron chi connectivity index (χ3n) is 4.55. The Hall–Kier alpha value is 0.0649. The molecule has 0 aromatic heterocycles. The van der Waals surface area contributed by atoms with Gasteiger partial charge in [0.15, 0.2) is 0 Å². The predicted octanol–water partition coefficient (Wildman–Crippen LogP) is 4.67. The zero-order valence-corrected chi connectivity index (χ0v) is 11.1. The lowest BCUT2D eigenvalue weighted by atomic mass is 9.60. The molecule has 0 spiro atoms. The van der Waals surface area contributed by atoms with E-state index in [0.29, 0.717) is 0 Å². The Morgan fingerprint density at radius 3 is 2.67 bits per heavy atom. The van der Waals surface area contributed by atoms with Crippen molar-refractivity contribution in [3.8, 4) is 0 Å². The van der Waals surface area contributed by atoms with E-state index in [2.05, 4.69) is 20.8 Å². The summed E-state index contributed by atoms with van der Waals surface area (Å²) in [6.45, 7) is 7.10. The molecule has 1 saturated heterocycles. The smallest absolute Gasteiger partial charge is 0.0769 e. The molecule has 0 nitrogen and oxygen atoms in total. The highest BCUT2D eigenvalue weighted by molar-refractivity contribution is 6.37. The summed E-state index contributed by atoms with van der Waals surface area (Å²) < 4.78 is 0. The molecule has 0 bridgehead atoms. The van der Waals surface area contributed by atoms with Crippen molar-refractivity contribution >= 4 is 7.28 Å². The second-order valence-corrected chi connectivity index (χ2v) is 5.74. The highest BCUT2D eigenvalue weighted by Crippen LogP contribution is 2.32. The van der Waals surface area contributed by atoms with Crippen LogP contribution in [0.15, 0.2) is 0 Å². The van der Waals surface area contributed by atoms with E-state index in [-0.39, 0.29) is 0 Å². The van der Waals surface area contributed by atoms with E-state index in [0.717, 1.165) is 17.7 Å². The van der Waals surface area contributed by atoms with Gasteiger partial charge in [-0.05, 0) is 11.8 Å². The molecule has 1 fully saturated rings. The highest BCUT2D eigenvalue weighted by atomic mass is 14.2. The van der Waals surface area contributed by atoms with Gasteiger partial charge in [-0.1, -0.05) is 77.9 Å². The molecule has 0 aromatic rings. The molecule has 1 rings (SSSR count). The van der Waals surface area contributed by atoms with Gasteiger partial charge in [-0.25, -0.2) is 0 Å². The van der Waals surface area contributed by atoms with Crippen LogP contribution in [-0.4, -0.2) is 7.28 Å². The number of hydrogen-bond acceptors (Lipinski definition) is 0. The molecule has 1 heteroatoms. The van der Waals surface area contributed by atoms with Crippen LogP contribution in [0.4, 0.5) is 0 Å². The minimum Gasteiger partial charge on any atom is -0.0769 e. The molecular formula is C14H29B. The monoisotopic (exact) mass is 208 g/mol. The van der Waals surface area contributed by atoms with Crippen LogP contribution in [0, 0.1) is 11.8 Å². The zero-order valence-electron chi connectivity index (χ0n) is 11.1. The standard InChI is InChI=1S/C14H29B/c1-4-12(3)6-7-13-8-9-14(5-2)15-11-10-13/h12-15H,4-11H2,1-3H3/t12-,13?,14?/m0/s1. The van der Waals surface area contributed by atoms with Gasteiger partial charge in [0.1, 0.15) is 7.28 Å². The van der Waals surface area contributed by atoms with Crippen molar-refractivity contribution in [2.75, 3.05) is 0 Å². The minimum absolute atomic E-state index is 0.954. The third kappa shape index (κ3) is 5.09. The molecule has 1 aliphatic rings. The fraction of sp³-hybridized carbons (Fsp3) is 1.00. The first-order valence-electron chi connectivity index (χ1n) is 7.26. The van der Waals surface area contributed by atoms with Crippen LogP contribution in [0.3, 0.4) is 0 Å². The Morgan fingerprint density at radius 2 is 2.00 bits per heavy atom. The Labute approximate surface area is 97.5 Å². The van der Waals surface area contributed by atoms with Crippen molar-refractivity contribution in [2.24, 2.45) is 11.8 Å². The van der Waals surface area contributed by atoms with Gasteiger partial charge in [0.25, 0.3) is 0 Å². The Bertz CT molecular complexity index is 155. The lowest BCUT2D eigenvalue weighted by Gasteiger charge is -2.16. The van der Waals surface area contributed by atoms with Gasteiger partial charge in [0.05, 0.1) is 0 Å². The van der Waals surface area contributed by atoms with Gasteiger partial charge in [0.2, 0.25) is 0 Å². The van der Waals surface area contributed by atoms with Crippen molar-refractivity contribution in [2.45, 2.75) is 77.9 Å². The van der Waals surface area contributed by atoms with Crippen LogP contribution < -0.4 is 0 Å². The summed E-state index contributed by atoms with van der Waals surface area (Å²) in [7, 11) is 1.51. The molecule has 0 radical (unpaired) electrons. The average molecular weight is 208 g/mol. The summed E-state index contributed by atoms with van der Waals surface area (Å²) in [6, 6.07) is 0. The molecule has 0 saturated carbocycles. The van der Waals surface area contributed by atoms with E-state index in [1.54, 1.807) is 0 Å². The van der Waals surface area contributed by atoms with E-state index in [1.807, 2.05) is 0 Å². The summed E-state index contributed by atoms with van der Waals surface area (Å²) in [5.74, 6) is 3.07. The number of hydrogen-bond donors (Lipinski definition) is 0. The molecule has 15 heavy (non-hydrogen) atoms. The molecule has 0 aromatic carbocycles. The third-order valence-corrected chi connectivity index (χ3v) is 4.55. The topological polar surface area (TPSA) is 0 Å². The molecule has 0 N–H and O–H groups in total. The molecular weight excluding hydrogens is 179 g/mol. The van der Waals surface area contributed by atoms with E-state index in [9.17, 15) is 0 Å². The molecule has 0 amide bonds. The molecule has 1 heterocycles. The fourth-order valence-corrected chi connectivity index (χ4v) is 2.88. The van der Waals surface area contributed by atoms with Crippen LogP contribution in [-0.2, 0) is 0 Å². The van der Waals surface area contributed by atoms with Crippen LogP contribution in [0.5, 0.6) is 0 Å². The van der Waals surface area contributed by atoms with Gasteiger partial charge < -0.3 is 0 Å². The van der Waals surface area contributed by atoms with E-state index >= 15 is 0 Å². The van der Waals surface area contributed by atoms with Gasteiger partial charge in [-0.2, -0.15) is 0 Å². The molecule has 1 aliphatic heterocycles. The summed E-state index contributed by atoms with van der Waals surface area (Å²) in [4.78, 5) is 0. The second-order valence-electron chi connectivity index (χ2n) is 5.74. The quantitative estimate of drug-likeness (QED) is 0.576. The van der Waals surface area contributed by atoms with Gasteiger partial charge >= 0.3 is 0 Å². The molecule has 88 valence electrons. The molecule has 2 unspecified atom stereocenters. The zero-order chi connectivity index (χ0) is 11.1. The normalized spacial score (nSPS) is 29.3. The second kappa shape index (κ2) is 7.36. The Balaban J connectivity index is 2.19. The lowest BCUT2D eigenvalue weighted by Crippen LogP contribution is -2.02.